The third-order valence-corrected chi connectivity index (χ3v) is 4.23. The van der Waals surface area contributed by atoms with Gasteiger partial charge in [0.1, 0.15) is 5.01 Å². The van der Waals surface area contributed by atoms with Crippen molar-refractivity contribution in [1.82, 2.24) is 9.97 Å². The molecule has 3 aromatic rings. The number of hydrogen-bond acceptors (Lipinski definition) is 3. The molecule has 0 saturated carbocycles. The molecule has 0 fully saturated rings. The first-order valence-electron chi connectivity index (χ1n) is 6.35. The summed E-state index contributed by atoms with van der Waals surface area (Å²) in [4.78, 5) is 8.84. The first-order chi connectivity index (χ1) is 9.04. The van der Waals surface area contributed by atoms with Crippen LogP contribution in [0.15, 0.2) is 42.7 Å². The molecule has 3 rings (SSSR count). The van der Waals surface area contributed by atoms with E-state index >= 15 is 0 Å². The summed E-state index contributed by atoms with van der Waals surface area (Å²) in [5, 5.41) is 1.04. The van der Waals surface area contributed by atoms with Crippen molar-refractivity contribution in [2.75, 3.05) is 0 Å². The Morgan fingerprint density at radius 1 is 1.11 bits per heavy atom. The molecular weight excluding hydrogens is 252 g/mol. The summed E-state index contributed by atoms with van der Waals surface area (Å²) in [5.74, 6) is 0. The maximum atomic E-state index is 4.68. The molecule has 0 spiro atoms. The maximum absolute atomic E-state index is 4.68. The lowest BCUT2D eigenvalue weighted by Crippen LogP contribution is -2.10. The third kappa shape index (κ3) is 2.38. The van der Waals surface area contributed by atoms with Crippen LogP contribution < -0.4 is 0 Å². The summed E-state index contributed by atoms with van der Waals surface area (Å²) < 4.78 is 1.24. The van der Waals surface area contributed by atoms with Crippen molar-refractivity contribution in [2.45, 2.75) is 26.2 Å². The van der Waals surface area contributed by atoms with Crippen LogP contribution in [-0.4, -0.2) is 9.97 Å². The van der Waals surface area contributed by atoms with Crippen LogP contribution in [0.1, 0.15) is 26.3 Å². The summed E-state index contributed by atoms with van der Waals surface area (Å²) in [6.45, 7) is 6.70. The first kappa shape index (κ1) is 12.3. The predicted molar refractivity (Wildman–Crippen MR) is 81.6 cm³/mol. The molecule has 2 nitrogen and oxygen atoms in total. The van der Waals surface area contributed by atoms with E-state index in [-0.39, 0.29) is 5.41 Å². The Labute approximate surface area is 117 Å². The zero-order valence-electron chi connectivity index (χ0n) is 11.3. The van der Waals surface area contributed by atoms with Crippen molar-refractivity contribution in [3.8, 4) is 10.6 Å². The highest BCUT2D eigenvalue weighted by molar-refractivity contribution is 7.21. The second-order valence-corrected chi connectivity index (χ2v) is 6.72. The Morgan fingerprint density at radius 3 is 2.63 bits per heavy atom. The highest BCUT2D eigenvalue weighted by atomic mass is 32.1. The summed E-state index contributed by atoms with van der Waals surface area (Å²) in [7, 11) is 0. The predicted octanol–water partition coefficient (Wildman–Crippen LogP) is 4.66. The molecule has 0 unspecified atom stereocenters. The van der Waals surface area contributed by atoms with Crippen LogP contribution >= 0.6 is 11.3 Å². The molecule has 0 bridgehead atoms. The molecule has 2 heterocycles. The second kappa shape index (κ2) is 4.42. The van der Waals surface area contributed by atoms with E-state index in [0.29, 0.717) is 0 Å². The van der Waals surface area contributed by atoms with E-state index in [2.05, 4.69) is 55.0 Å². The van der Waals surface area contributed by atoms with Crippen LogP contribution in [0.3, 0.4) is 0 Å². The highest BCUT2D eigenvalue weighted by Gasteiger charge is 2.15. The Morgan fingerprint density at radius 2 is 1.95 bits per heavy atom. The van der Waals surface area contributed by atoms with E-state index in [9.17, 15) is 0 Å². The van der Waals surface area contributed by atoms with Crippen LogP contribution in [0.4, 0.5) is 0 Å². The lowest BCUT2D eigenvalue weighted by molar-refractivity contribution is 0.591. The number of fused-ring (bicyclic) bond motifs is 1. The summed E-state index contributed by atoms with van der Waals surface area (Å²) >= 11 is 1.73. The van der Waals surface area contributed by atoms with Crippen LogP contribution in [0.5, 0.6) is 0 Å². The molecule has 0 amide bonds. The van der Waals surface area contributed by atoms with Crippen molar-refractivity contribution in [2.24, 2.45) is 0 Å². The van der Waals surface area contributed by atoms with Gasteiger partial charge < -0.3 is 0 Å². The van der Waals surface area contributed by atoms with Crippen molar-refractivity contribution in [3.63, 3.8) is 0 Å². The Kier molecular flexibility index (Phi) is 2.86. The van der Waals surface area contributed by atoms with Crippen LogP contribution in [0.25, 0.3) is 20.8 Å². The number of rotatable bonds is 1. The average molecular weight is 268 g/mol. The number of pyridine rings is 1. The number of nitrogens with zero attached hydrogens (tertiary/aromatic N) is 2. The SMILES string of the molecule is CC(C)(C)c1ccc2nc(-c3cccnc3)sc2c1. The van der Waals surface area contributed by atoms with Crippen LogP contribution in [0.2, 0.25) is 0 Å². The number of thiazole rings is 1. The maximum Gasteiger partial charge on any atom is 0.126 e. The van der Waals surface area contributed by atoms with Gasteiger partial charge in [-0.1, -0.05) is 26.8 Å². The van der Waals surface area contributed by atoms with E-state index in [0.717, 1.165) is 16.1 Å². The molecule has 96 valence electrons. The molecule has 0 aliphatic heterocycles. The third-order valence-electron chi connectivity index (χ3n) is 3.16. The molecule has 19 heavy (non-hydrogen) atoms. The van der Waals surface area contributed by atoms with Crippen molar-refractivity contribution < 1.29 is 0 Å². The standard InChI is InChI=1S/C16H16N2S/c1-16(2,3)12-6-7-13-14(9-12)19-15(18-13)11-5-4-8-17-10-11/h4-10H,1-3H3. The largest absolute Gasteiger partial charge is 0.264 e. The molecule has 0 saturated heterocycles. The molecule has 0 atom stereocenters. The Bertz CT molecular complexity index is 708. The van der Waals surface area contributed by atoms with Gasteiger partial charge in [-0.15, -0.1) is 11.3 Å². The Hall–Kier alpha value is -1.74. The quantitative estimate of drug-likeness (QED) is 0.641. The van der Waals surface area contributed by atoms with Gasteiger partial charge in [-0.2, -0.15) is 0 Å². The smallest absolute Gasteiger partial charge is 0.126 e. The van der Waals surface area contributed by atoms with Crippen LogP contribution in [-0.2, 0) is 5.41 Å². The van der Waals surface area contributed by atoms with E-state index in [4.69, 9.17) is 0 Å². The number of aromatic nitrogens is 2. The van der Waals surface area contributed by atoms with Gasteiger partial charge in [0.05, 0.1) is 10.2 Å². The molecule has 2 aromatic heterocycles. The monoisotopic (exact) mass is 268 g/mol. The van der Waals surface area contributed by atoms with Gasteiger partial charge >= 0.3 is 0 Å². The van der Waals surface area contributed by atoms with Gasteiger partial charge in [-0.05, 0) is 35.2 Å². The normalized spacial score (nSPS) is 11.9. The fraction of sp³-hybridized carbons (Fsp3) is 0.250. The highest BCUT2D eigenvalue weighted by Crippen LogP contribution is 2.33. The van der Waals surface area contributed by atoms with Gasteiger partial charge in [0, 0.05) is 18.0 Å². The summed E-state index contributed by atoms with van der Waals surface area (Å²) in [5.41, 5.74) is 3.67. The van der Waals surface area contributed by atoms with Crippen molar-refractivity contribution >= 4 is 21.6 Å². The second-order valence-electron chi connectivity index (χ2n) is 5.69. The van der Waals surface area contributed by atoms with E-state index in [1.165, 1.54) is 10.3 Å². The molecule has 0 aliphatic rings. The van der Waals surface area contributed by atoms with Crippen molar-refractivity contribution in [1.29, 1.82) is 0 Å². The molecule has 3 heteroatoms. The van der Waals surface area contributed by atoms with E-state index in [1.807, 2.05) is 12.3 Å². The lowest BCUT2D eigenvalue weighted by Gasteiger charge is -2.18. The van der Waals surface area contributed by atoms with Gasteiger partial charge in [-0.25, -0.2) is 4.98 Å². The minimum atomic E-state index is 0.173. The van der Waals surface area contributed by atoms with Gasteiger partial charge in [-0.3, -0.25) is 4.98 Å². The molecule has 1 aromatic carbocycles. The van der Waals surface area contributed by atoms with Gasteiger partial charge in [0.2, 0.25) is 0 Å². The number of hydrogen-bond donors (Lipinski definition) is 0. The molecule has 0 radical (unpaired) electrons. The minimum Gasteiger partial charge on any atom is -0.264 e. The van der Waals surface area contributed by atoms with Crippen molar-refractivity contribution in [3.05, 3.63) is 48.3 Å². The summed E-state index contributed by atoms with van der Waals surface area (Å²) in [6, 6.07) is 10.5. The van der Waals surface area contributed by atoms with E-state index in [1.54, 1.807) is 17.5 Å². The molecular formula is C16H16N2S. The van der Waals surface area contributed by atoms with Gasteiger partial charge in [0.15, 0.2) is 0 Å². The minimum absolute atomic E-state index is 0.173. The summed E-state index contributed by atoms with van der Waals surface area (Å²) in [6.07, 6.45) is 3.65. The average Bonchev–Trinajstić information content (AvgIpc) is 2.81. The van der Waals surface area contributed by atoms with Gasteiger partial charge in [0.25, 0.3) is 0 Å². The molecule has 0 aliphatic carbocycles. The van der Waals surface area contributed by atoms with E-state index < -0.39 is 0 Å². The topological polar surface area (TPSA) is 25.8 Å². The number of benzene rings is 1. The van der Waals surface area contributed by atoms with Crippen LogP contribution in [0, 0.1) is 0 Å². The lowest BCUT2D eigenvalue weighted by atomic mass is 9.87. The zero-order chi connectivity index (χ0) is 13.5. The zero-order valence-corrected chi connectivity index (χ0v) is 12.2. The fourth-order valence-corrected chi connectivity index (χ4v) is 3.00. The Balaban J connectivity index is 2.12. The fourth-order valence-electron chi connectivity index (χ4n) is 2.00. The molecule has 0 N–H and O–H groups in total. The first-order valence-corrected chi connectivity index (χ1v) is 7.17.